The predicted octanol–water partition coefficient (Wildman–Crippen LogP) is 2.00. The van der Waals surface area contributed by atoms with E-state index >= 15 is 0 Å². The number of carbonyl (C=O) groups is 2. The van der Waals surface area contributed by atoms with Crippen molar-refractivity contribution in [2.45, 2.75) is 6.92 Å². The van der Waals surface area contributed by atoms with Crippen molar-refractivity contribution in [3.8, 4) is 0 Å². The van der Waals surface area contributed by atoms with Crippen molar-refractivity contribution in [1.82, 2.24) is 4.90 Å². The lowest BCUT2D eigenvalue weighted by Gasteiger charge is -2.26. The number of nitrogens with zero attached hydrogens (tertiary/aromatic N) is 2. The Morgan fingerprint density at radius 3 is 2.21 bits per heavy atom. The van der Waals surface area contributed by atoms with Gasteiger partial charge < -0.3 is 10.2 Å². The molecule has 0 aliphatic rings. The number of carbonyl (C=O) groups excluding carboxylic acids is 2. The molecule has 2 aromatic rings. The van der Waals surface area contributed by atoms with Crippen LogP contribution in [0.5, 0.6) is 0 Å². The third-order valence-corrected chi connectivity index (χ3v) is 5.12. The topological polar surface area (TPSA) is 86.8 Å². The molecule has 0 saturated heterocycles. The Kier molecular flexibility index (Phi) is 6.74. The van der Waals surface area contributed by atoms with Crippen LogP contribution in [0.2, 0.25) is 0 Å². The van der Waals surface area contributed by atoms with Gasteiger partial charge >= 0.3 is 0 Å². The Morgan fingerprint density at radius 2 is 1.64 bits per heavy atom. The maximum atomic E-state index is 12.9. The van der Waals surface area contributed by atoms with Crippen molar-refractivity contribution in [2.75, 3.05) is 36.0 Å². The van der Waals surface area contributed by atoms with E-state index in [0.29, 0.717) is 16.9 Å². The first-order chi connectivity index (χ1) is 13.1. The molecule has 150 valence electrons. The van der Waals surface area contributed by atoms with Crippen LogP contribution >= 0.6 is 0 Å². The Morgan fingerprint density at radius 1 is 1.04 bits per heavy atom. The molecule has 0 spiro atoms. The second-order valence-corrected chi connectivity index (χ2v) is 8.27. The van der Waals surface area contributed by atoms with Gasteiger partial charge in [0.05, 0.1) is 18.5 Å². The molecule has 7 nitrogen and oxygen atoms in total. The second kappa shape index (κ2) is 8.83. The van der Waals surface area contributed by atoms with Crippen LogP contribution in [-0.2, 0) is 19.6 Å². The summed E-state index contributed by atoms with van der Waals surface area (Å²) >= 11 is 0. The molecule has 1 N–H and O–H groups in total. The first kappa shape index (κ1) is 21.4. The van der Waals surface area contributed by atoms with Gasteiger partial charge in [-0.05, 0) is 42.8 Å². The van der Waals surface area contributed by atoms with E-state index in [9.17, 15) is 22.4 Å². The molecule has 0 heterocycles. The van der Waals surface area contributed by atoms with Crippen molar-refractivity contribution in [2.24, 2.45) is 0 Å². The van der Waals surface area contributed by atoms with Crippen LogP contribution < -0.4 is 9.62 Å². The van der Waals surface area contributed by atoms with Crippen LogP contribution in [0.1, 0.15) is 5.56 Å². The normalized spacial score (nSPS) is 11.0. The molecule has 28 heavy (non-hydrogen) atoms. The Balaban J connectivity index is 2.05. The van der Waals surface area contributed by atoms with Gasteiger partial charge in [-0.1, -0.05) is 18.2 Å². The Hall–Kier alpha value is -2.94. The Bertz CT molecular complexity index is 961. The highest BCUT2D eigenvalue weighted by atomic mass is 32.2. The van der Waals surface area contributed by atoms with E-state index in [1.54, 1.807) is 31.2 Å². The summed E-state index contributed by atoms with van der Waals surface area (Å²) in [6.45, 7) is 1.05. The summed E-state index contributed by atoms with van der Waals surface area (Å²) in [6.07, 6.45) is 1.02. The summed E-state index contributed by atoms with van der Waals surface area (Å²) < 4.78 is 38.3. The summed E-state index contributed by atoms with van der Waals surface area (Å²) in [4.78, 5) is 25.7. The highest BCUT2D eigenvalue weighted by Gasteiger charge is 2.24. The van der Waals surface area contributed by atoms with Crippen molar-refractivity contribution < 1.29 is 22.4 Å². The molecule has 0 aliphatic heterocycles. The number of anilines is 2. The van der Waals surface area contributed by atoms with E-state index in [1.807, 2.05) is 0 Å². The SMILES string of the molecule is Cc1ccccc1N(CC(=O)N(C)CC(=O)Nc1ccc(F)cc1)S(C)(=O)=O. The molecule has 2 amide bonds. The number of para-hydroxylation sites is 1. The molecule has 9 heteroatoms. The Labute approximate surface area is 163 Å². The highest BCUT2D eigenvalue weighted by Crippen LogP contribution is 2.22. The number of nitrogens with one attached hydrogen (secondary N) is 1. The number of hydrogen-bond donors (Lipinski definition) is 1. The summed E-state index contributed by atoms with van der Waals surface area (Å²) in [5, 5.41) is 2.55. The van der Waals surface area contributed by atoms with Gasteiger partial charge in [0.2, 0.25) is 21.8 Å². The van der Waals surface area contributed by atoms with Gasteiger partial charge in [0, 0.05) is 12.7 Å². The molecular weight excluding hydrogens is 385 g/mol. The fourth-order valence-electron chi connectivity index (χ4n) is 2.51. The fourth-order valence-corrected chi connectivity index (χ4v) is 3.41. The predicted molar refractivity (Wildman–Crippen MR) is 106 cm³/mol. The minimum absolute atomic E-state index is 0.276. The van der Waals surface area contributed by atoms with Crippen LogP contribution in [0.3, 0.4) is 0 Å². The number of amides is 2. The number of aryl methyl sites for hydroxylation is 1. The molecule has 0 unspecified atom stereocenters. The smallest absolute Gasteiger partial charge is 0.243 e. The number of sulfonamides is 1. The first-order valence-electron chi connectivity index (χ1n) is 8.40. The van der Waals surface area contributed by atoms with Crippen LogP contribution in [0, 0.1) is 12.7 Å². The third-order valence-electron chi connectivity index (χ3n) is 4.00. The lowest BCUT2D eigenvalue weighted by Crippen LogP contribution is -2.43. The molecule has 0 aliphatic carbocycles. The number of hydrogen-bond acceptors (Lipinski definition) is 4. The van der Waals surface area contributed by atoms with Gasteiger partial charge in [0.1, 0.15) is 12.4 Å². The van der Waals surface area contributed by atoms with Crippen LogP contribution in [0.25, 0.3) is 0 Å². The maximum Gasteiger partial charge on any atom is 0.243 e. The molecule has 0 radical (unpaired) electrons. The lowest BCUT2D eigenvalue weighted by molar-refractivity contribution is -0.131. The van der Waals surface area contributed by atoms with Crippen LogP contribution in [0.4, 0.5) is 15.8 Å². The number of rotatable bonds is 7. The summed E-state index contributed by atoms with van der Waals surface area (Å²) in [6, 6.07) is 12.0. The monoisotopic (exact) mass is 407 g/mol. The number of likely N-dealkylation sites (N-methyl/N-ethyl adjacent to an activating group) is 1. The zero-order chi connectivity index (χ0) is 20.9. The van der Waals surface area contributed by atoms with Crippen molar-refractivity contribution in [3.63, 3.8) is 0 Å². The number of benzene rings is 2. The standard InChI is InChI=1S/C19H22FN3O4S/c1-14-6-4-5-7-17(14)23(28(3,26)27)13-19(25)22(2)12-18(24)21-16-10-8-15(20)9-11-16/h4-11H,12-13H2,1-3H3,(H,21,24). The molecule has 0 bridgehead atoms. The highest BCUT2D eigenvalue weighted by molar-refractivity contribution is 7.92. The first-order valence-corrected chi connectivity index (χ1v) is 10.3. The zero-order valence-electron chi connectivity index (χ0n) is 15.8. The van der Waals surface area contributed by atoms with Gasteiger partial charge in [0.25, 0.3) is 0 Å². The summed E-state index contributed by atoms with van der Waals surface area (Å²) in [5.74, 6) is -1.45. The average molecular weight is 407 g/mol. The second-order valence-electron chi connectivity index (χ2n) is 6.36. The lowest BCUT2D eigenvalue weighted by atomic mass is 10.2. The largest absolute Gasteiger partial charge is 0.335 e. The van der Waals surface area contributed by atoms with E-state index in [4.69, 9.17) is 0 Å². The van der Waals surface area contributed by atoms with E-state index in [0.717, 1.165) is 15.5 Å². The van der Waals surface area contributed by atoms with Crippen molar-refractivity contribution in [3.05, 3.63) is 59.9 Å². The molecule has 0 aromatic heterocycles. The molecule has 0 atom stereocenters. The zero-order valence-corrected chi connectivity index (χ0v) is 16.7. The summed E-state index contributed by atoms with van der Waals surface area (Å²) in [5.41, 5.74) is 1.50. The molecule has 2 aromatic carbocycles. The fraction of sp³-hybridized carbons (Fsp3) is 0.263. The van der Waals surface area contributed by atoms with Gasteiger partial charge in [-0.3, -0.25) is 13.9 Å². The minimum atomic E-state index is -3.70. The molecular formula is C19H22FN3O4S. The van der Waals surface area contributed by atoms with Gasteiger partial charge in [0.15, 0.2) is 0 Å². The summed E-state index contributed by atoms with van der Waals surface area (Å²) in [7, 11) is -2.29. The van der Waals surface area contributed by atoms with Gasteiger partial charge in [-0.2, -0.15) is 0 Å². The molecule has 0 fully saturated rings. The molecule has 0 saturated carbocycles. The van der Waals surface area contributed by atoms with Gasteiger partial charge in [-0.25, -0.2) is 12.8 Å². The van der Waals surface area contributed by atoms with E-state index in [1.165, 1.54) is 31.3 Å². The third kappa shape index (κ3) is 5.78. The quantitative estimate of drug-likeness (QED) is 0.761. The van der Waals surface area contributed by atoms with E-state index < -0.39 is 34.2 Å². The number of halogens is 1. The van der Waals surface area contributed by atoms with Gasteiger partial charge in [-0.15, -0.1) is 0 Å². The maximum absolute atomic E-state index is 12.9. The van der Waals surface area contributed by atoms with E-state index in [2.05, 4.69) is 5.32 Å². The average Bonchev–Trinajstić information content (AvgIpc) is 2.61. The van der Waals surface area contributed by atoms with Crippen molar-refractivity contribution >= 4 is 33.2 Å². The van der Waals surface area contributed by atoms with Crippen molar-refractivity contribution in [1.29, 1.82) is 0 Å². The van der Waals surface area contributed by atoms with Crippen LogP contribution in [0.15, 0.2) is 48.5 Å². The van der Waals surface area contributed by atoms with E-state index in [-0.39, 0.29) is 6.54 Å². The minimum Gasteiger partial charge on any atom is -0.335 e. The molecule has 2 rings (SSSR count). The van der Waals surface area contributed by atoms with Crippen LogP contribution in [-0.4, -0.2) is 51.5 Å².